The van der Waals surface area contributed by atoms with Crippen molar-refractivity contribution in [2.45, 2.75) is 63.1 Å². The zero-order chi connectivity index (χ0) is 25.4. The predicted octanol–water partition coefficient (Wildman–Crippen LogP) is 5.77. The van der Waals surface area contributed by atoms with Crippen molar-refractivity contribution in [3.05, 3.63) is 76.3 Å². The first-order chi connectivity index (χ1) is 16.5. The van der Waals surface area contributed by atoms with Crippen molar-refractivity contribution in [3.63, 3.8) is 0 Å². The van der Waals surface area contributed by atoms with Crippen LogP contribution >= 0.6 is 0 Å². The molecule has 9 heteroatoms. The summed E-state index contributed by atoms with van der Waals surface area (Å²) in [6.07, 6.45) is 0.299. The molecule has 2 aliphatic rings. The summed E-state index contributed by atoms with van der Waals surface area (Å²) in [5, 5.41) is 15.6. The van der Waals surface area contributed by atoms with E-state index in [0.29, 0.717) is 11.6 Å². The minimum Gasteiger partial charge on any atom is -0.509 e. The standard InChI is InChI=1S/C26H26F4N2O3/c1-25(14-18-19(26(28,29)30)8-5-9-20(18)27)22(33)21(24(35)32-25)23(34)31-17-12-10-16(11-13-17)15-6-3-2-4-7-15/h5,8-13,15,33H,2-4,6-7,14H2,1H3,(H,31,34)(H,32,35). The highest BCUT2D eigenvalue weighted by atomic mass is 19.4. The summed E-state index contributed by atoms with van der Waals surface area (Å²) in [4.78, 5) is 25.4. The monoisotopic (exact) mass is 490 g/mol. The Morgan fingerprint density at radius 3 is 2.40 bits per heavy atom. The van der Waals surface area contributed by atoms with E-state index < -0.39 is 58.2 Å². The van der Waals surface area contributed by atoms with Crippen LogP contribution in [0.15, 0.2) is 53.8 Å². The van der Waals surface area contributed by atoms with Crippen LogP contribution in [0.2, 0.25) is 0 Å². The number of alkyl halides is 3. The van der Waals surface area contributed by atoms with Crippen molar-refractivity contribution in [2.24, 2.45) is 0 Å². The molecule has 4 rings (SSSR count). The van der Waals surface area contributed by atoms with Crippen LogP contribution in [0.5, 0.6) is 0 Å². The molecule has 1 saturated carbocycles. The van der Waals surface area contributed by atoms with E-state index in [4.69, 9.17) is 0 Å². The third-order valence-corrected chi connectivity index (χ3v) is 6.80. The van der Waals surface area contributed by atoms with Gasteiger partial charge in [0.05, 0.1) is 11.1 Å². The van der Waals surface area contributed by atoms with Gasteiger partial charge in [-0.25, -0.2) is 4.39 Å². The molecular weight excluding hydrogens is 464 g/mol. The Balaban J connectivity index is 1.55. The fraction of sp³-hybridized carbons (Fsp3) is 0.385. The molecule has 0 aromatic heterocycles. The average molecular weight is 490 g/mol. The van der Waals surface area contributed by atoms with Gasteiger partial charge in [0.2, 0.25) is 0 Å². The van der Waals surface area contributed by atoms with Crippen molar-refractivity contribution in [3.8, 4) is 0 Å². The highest BCUT2D eigenvalue weighted by Crippen LogP contribution is 2.38. The van der Waals surface area contributed by atoms with Crippen LogP contribution in [0, 0.1) is 5.82 Å². The summed E-state index contributed by atoms with van der Waals surface area (Å²) in [6, 6.07) is 9.78. The van der Waals surface area contributed by atoms with Gasteiger partial charge in [-0.2, -0.15) is 13.2 Å². The van der Waals surface area contributed by atoms with E-state index in [9.17, 15) is 32.3 Å². The number of anilines is 1. The Bertz CT molecular complexity index is 1170. The zero-order valence-electron chi connectivity index (χ0n) is 19.1. The van der Waals surface area contributed by atoms with Crippen molar-refractivity contribution in [2.75, 3.05) is 5.32 Å². The Hall–Kier alpha value is -3.36. The zero-order valence-corrected chi connectivity index (χ0v) is 19.1. The number of carbonyl (C=O) groups excluding carboxylic acids is 2. The van der Waals surface area contributed by atoms with Gasteiger partial charge in [0.15, 0.2) is 0 Å². The molecule has 186 valence electrons. The second-order valence-electron chi connectivity index (χ2n) is 9.36. The Kier molecular flexibility index (Phi) is 6.62. The number of benzene rings is 2. The van der Waals surface area contributed by atoms with E-state index in [0.717, 1.165) is 31.0 Å². The second kappa shape index (κ2) is 9.36. The normalized spacial score (nSPS) is 21.2. The minimum atomic E-state index is -4.83. The van der Waals surface area contributed by atoms with Gasteiger partial charge in [-0.05, 0) is 55.5 Å². The summed E-state index contributed by atoms with van der Waals surface area (Å²) in [5.41, 5.74) is -2.76. The molecule has 1 heterocycles. The molecule has 3 N–H and O–H groups in total. The third kappa shape index (κ3) is 5.04. The average Bonchev–Trinajstić information content (AvgIpc) is 3.03. The number of rotatable bonds is 5. The van der Waals surface area contributed by atoms with E-state index in [1.165, 1.54) is 31.7 Å². The maximum absolute atomic E-state index is 14.3. The molecule has 2 aromatic rings. The Morgan fingerprint density at radius 2 is 1.77 bits per heavy atom. The van der Waals surface area contributed by atoms with E-state index in [1.54, 1.807) is 12.1 Å². The van der Waals surface area contributed by atoms with Gasteiger partial charge in [0.25, 0.3) is 11.8 Å². The molecule has 1 atom stereocenters. The van der Waals surface area contributed by atoms with Crippen LogP contribution in [0.1, 0.15) is 61.6 Å². The topological polar surface area (TPSA) is 78.4 Å². The molecule has 35 heavy (non-hydrogen) atoms. The number of hydrogen-bond acceptors (Lipinski definition) is 3. The van der Waals surface area contributed by atoms with Crippen LogP contribution in [0.4, 0.5) is 23.2 Å². The number of nitrogens with one attached hydrogen (secondary N) is 2. The smallest absolute Gasteiger partial charge is 0.416 e. The lowest BCUT2D eigenvalue weighted by molar-refractivity contribution is -0.138. The fourth-order valence-electron chi connectivity index (χ4n) is 4.92. The minimum absolute atomic E-state index is 0.407. The lowest BCUT2D eigenvalue weighted by Crippen LogP contribution is -2.44. The molecule has 1 fully saturated rings. The molecule has 5 nitrogen and oxygen atoms in total. The Morgan fingerprint density at radius 1 is 1.11 bits per heavy atom. The van der Waals surface area contributed by atoms with Crippen LogP contribution < -0.4 is 10.6 Å². The molecule has 0 radical (unpaired) electrons. The molecular formula is C26H26F4N2O3. The summed E-state index contributed by atoms with van der Waals surface area (Å²) < 4.78 is 54.6. The van der Waals surface area contributed by atoms with Gasteiger partial charge in [-0.1, -0.05) is 37.5 Å². The molecule has 0 bridgehead atoms. The molecule has 1 aliphatic carbocycles. The largest absolute Gasteiger partial charge is 0.509 e. The quantitative estimate of drug-likeness (QED) is 0.368. The number of amides is 2. The molecule has 2 amide bonds. The first-order valence-electron chi connectivity index (χ1n) is 11.5. The lowest BCUT2D eigenvalue weighted by Gasteiger charge is -2.26. The lowest BCUT2D eigenvalue weighted by atomic mass is 9.84. The highest BCUT2D eigenvalue weighted by molar-refractivity contribution is 6.24. The van der Waals surface area contributed by atoms with Crippen LogP contribution in [0.3, 0.4) is 0 Å². The van der Waals surface area contributed by atoms with E-state index in [-0.39, 0.29) is 0 Å². The predicted molar refractivity (Wildman–Crippen MR) is 122 cm³/mol. The van der Waals surface area contributed by atoms with E-state index >= 15 is 0 Å². The van der Waals surface area contributed by atoms with Crippen LogP contribution in [-0.4, -0.2) is 22.5 Å². The summed E-state index contributed by atoms with van der Waals surface area (Å²) in [7, 11) is 0. The Labute approximate surface area is 200 Å². The maximum Gasteiger partial charge on any atom is 0.416 e. The van der Waals surface area contributed by atoms with Crippen molar-refractivity contribution < 1.29 is 32.3 Å². The van der Waals surface area contributed by atoms with Gasteiger partial charge >= 0.3 is 6.18 Å². The molecule has 1 unspecified atom stereocenters. The van der Waals surface area contributed by atoms with Gasteiger partial charge in [-0.15, -0.1) is 0 Å². The van der Waals surface area contributed by atoms with Crippen molar-refractivity contribution in [1.82, 2.24) is 5.32 Å². The summed E-state index contributed by atoms with van der Waals surface area (Å²) in [6.45, 7) is 1.24. The number of carbonyl (C=O) groups is 2. The SMILES string of the molecule is CC1(Cc2c(F)cccc2C(F)(F)F)NC(=O)C(C(=O)Nc2ccc(C3CCCCC3)cc2)=C1O. The highest BCUT2D eigenvalue weighted by Gasteiger charge is 2.46. The van der Waals surface area contributed by atoms with Crippen molar-refractivity contribution in [1.29, 1.82) is 0 Å². The van der Waals surface area contributed by atoms with Crippen molar-refractivity contribution >= 4 is 17.5 Å². The molecule has 0 saturated heterocycles. The maximum atomic E-state index is 14.3. The van der Waals surface area contributed by atoms with Gasteiger partial charge in [-0.3, -0.25) is 9.59 Å². The van der Waals surface area contributed by atoms with Gasteiger partial charge in [0, 0.05) is 17.7 Å². The van der Waals surface area contributed by atoms with Crippen LogP contribution in [0.25, 0.3) is 0 Å². The number of aliphatic hydroxyl groups excluding tert-OH is 1. The number of halogens is 4. The second-order valence-corrected chi connectivity index (χ2v) is 9.36. The number of aliphatic hydroxyl groups is 1. The van der Waals surface area contributed by atoms with E-state index in [1.807, 2.05) is 12.1 Å². The molecule has 2 aromatic carbocycles. The number of hydrogen-bond donors (Lipinski definition) is 3. The first kappa shape index (κ1) is 24.8. The van der Waals surface area contributed by atoms with E-state index in [2.05, 4.69) is 10.6 Å². The van der Waals surface area contributed by atoms with Crippen LogP contribution in [-0.2, 0) is 22.2 Å². The van der Waals surface area contributed by atoms with Gasteiger partial charge in [0.1, 0.15) is 17.1 Å². The molecule has 0 spiro atoms. The summed E-state index contributed by atoms with van der Waals surface area (Å²) in [5.74, 6) is -3.25. The molecule has 1 aliphatic heterocycles. The fourth-order valence-corrected chi connectivity index (χ4v) is 4.92. The summed E-state index contributed by atoms with van der Waals surface area (Å²) >= 11 is 0. The third-order valence-electron chi connectivity index (χ3n) is 6.80. The first-order valence-corrected chi connectivity index (χ1v) is 11.5. The van der Waals surface area contributed by atoms with Gasteiger partial charge < -0.3 is 15.7 Å².